The number of benzene rings is 4. The third-order valence-electron chi connectivity index (χ3n) is 10.6. The van der Waals surface area contributed by atoms with Gasteiger partial charge in [0.1, 0.15) is 0 Å². The standard InChI is InChI=1S/C24H28BN3O3.C18H16BrN3O.CH3I/c1-23(2)24(3,4)31-25(30-23)20-9-11-21(12-10-20)27-13-15-28(16-14-27)22(29)19-7-5-18(17-26)6-8-19;19-16-5-7-17(8-6-16)21-9-11-22(12-10-21)18(23)15-3-1-14(13-20)2-4-15;1-2/h5-12H,13-16H2,1-4H3;1-8H,9-12H2;1H3. The second kappa shape index (κ2) is 19.2. The zero-order valence-electron chi connectivity index (χ0n) is 32.5. The smallest absolute Gasteiger partial charge is 0.399 e. The van der Waals surface area contributed by atoms with Gasteiger partial charge >= 0.3 is 7.12 Å². The number of carbonyl (C=O) groups is 2. The van der Waals surface area contributed by atoms with E-state index in [1.807, 2.05) is 26.9 Å². The summed E-state index contributed by atoms with van der Waals surface area (Å²) in [5, 5.41) is 17.7. The molecule has 0 spiro atoms. The highest BCUT2D eigenvalue weighted by molar-refractivity contribution is 14.1. The molecule has 56 heavy (non-hydrogen) atoms. The van der Waals surface area contributed by atoms with Crippen molar-refractivity contribution < 1.29 is 18.9 Å². The molecule has 0 saturated carbocycles. The van der Waals surface area contributed by atoms with Crippen molar-refractivity contribution in [2.75, 3.05) is 67.1 Å². The molecular weight excluding hydrogens is 882 g/mol. The number of halogens is 2. The second-order valence-electron chi connectivity index (χ2n) is 14.6. The SMILES string of the molecule is CC1(C)OB(c2ccc(N3CCN(C(=O)c4ccc(C#N)cc4)CC3)cc2)OC1(C)C.CI.N#Cc1ccc(C(=O)N2CCN(c3ccc(Br)cc3)CC2)cc1. The molecule has 290 valence electrons. The Balaban J connectivity index is 0.000000214. The third-order valence-corrected chi connectivity index (χ3v) is 11.2. The Labute approximate surface area is 353 Å². The van der Waals surface area contributed by atoms with Crippen molar-refractivity contribution in [3.63, 3.8) is 0 Å². The van der Waals surface area contributed by atoms with Crippen LogP contribution in [0.4, 0.5) is 11.4 Å². The van der Waals surface area contributed by atoms with Gasteiger partial charge in [0, 0.05) is 79.3 Å². The molecule has 0 aliphatic carbocycles. The van der Waals surface area contributed by atoms with Crippen molar-refractivity contribution in [2.45, 2.75) is 38.9 Å². The maximum Gasteiger partial charge on any atom is 0.494 e. The fraction of sp³-hybridized carbons (Fsp3) is 0.349. The molecule has 13 heteroatoms. The number of hydrogen-bond acceptors (Lipinski definition) is 8. The zero-order chi connectivity index (χ0) is 40.5. The van der Waals surface area contributed by atoms with Gasteiger partial charge in [-0.1, -0.05) is 50.7 Å². The van der Waals surface area contributed by atoms with Gasteiger partial charge in [-0.2, -0.15) is 10.5 Å². The van der Waals surface area contributed by atoms with Gasteiger partial charge in [0.15, 0.2) is 0 Å². The first-order valence-corrected chi connectivity index (χ1v) is 21.5. The number of piperazine rings is 2. The Morgan fingerprint density at radius 3 is 1.27 bits per heavy atom. The lowest BCUT2D eigenvalue weighted by atomic mass is 9.79. The van der Waals surface area contributed by atoms with E-state index in [9.17, 15) is 9.59 Å². The van der Waals surface area contributed by atoms with E-state index < -0.39 is 0 Å². The molecule has 0 bridgehead atoms. The molecule has 0 unspecified atom stereocenters. The average Bonchev–Trinajstić information content (AvgIpc) is 3.47. The molecule has 0 atom stereocenters. The summed E-state index contributed by atoms with van der Waals surface area (Å²) in [6.07, 6.45) is 0. The molecular formula is C43H47BBrIN6O4. The van der Waals surface area contributed by atoms with Crippen molar-refractivity contribution in [3.05, 3.63) is 124 Å². The van der Waals surface area contributed by atoms with E-state index in [1.165, 1.54) is 5.69 Å². The van der Waals surface area contributed by atoms with Gasteiger partial charge in [0.25, 0.3) is 11.8 Å². The highest BCUT2D eigenvalue weighted by atomic mass is 127. The van der Waals surface area contributed by atoms with Crippen LogP contribution in [0.3, 0.4) is 0 Å². The van der Waals surface area contributed by atoms with E-state index in [2.05, 4.69) is 125 Å². The number of nitrogens with zero attached hydrogens (tertiary/aromatic N) is 6. The lowest BCUT2D eigenvalue weighted by molar-refractivity contribution is 0.00578. The van der Waals surface area contributed by atoms with E-state index in [-0.39, 0.29) is 30.1 Å². The van der Waals surface area contributed by atoms with Crippen molar-refractivity contribution in [3.8, 4) is 12.1 Å². The van der Waals surface area contributed by atoms with Crippen LogP contribution < -0.4 is 15.3 Å². The summed E-state index contributed by atoms with van der Waals surface area (Å²) < 4.78 is 13.3. The molecule has 0 aromatic heterocycles. The molecule has 3 saturated heterocycles. The Morgan fingerprint density at radius 1 is 0.589 bits per heavy atom. The van der Waals surface area contributed by atoms with Crippen molar-refractivity contribution in [1.29, 1.82) is 10.5 Å². The third kappa shape index (κ3) is 10.3. The fourth-order valence-corrected chi connectivity index (χ4v) is 6.81. The Morgan fingerprint density at radius 2 is 0.929 bits per heavy atom. The van der Waals surface area contributed by atoms with Crippen LogP contribution in [0.2, 0.25) is 0 Å². The van der Waals surface area contributed by atoms with Crippen LogP contribution >= 0.6 is 38.5 Å². The van der Waals surface area contributed by atoms with Gasteiger partial charge in [0.2, 0.25) is 0 Å². The van der Waals surface area contributed by atoms with Gasteiger partial charge in [-0.3, -0.25) is 9.59 Å². The first kappa shape index (κ1) is 42.7. The Kier molecular flexibility index (Phi) is 14.6. The largest absolute Gasteiger partial charge is 0.494 e. The maximum atomic E-state index is 12.7. The first-order valence-electron chi connectivity index (χ1n) is 18.6. The van der Waals surface area contributed by atoms with Crippen LogP contribution in [-0.2, 0) is 9.31 Å². The molecule has 0 N–H and O–H groups in total. The van der Waals surface area contributed by atoms with Crippen molar-refractivity contribution >= 4 is 74.3 Å². The van der Waals surface area contributed by atoms with Crippen LogP contribution in [0.25, 0.3) is 0 Å². The number of alkyl halides is 1. The zero-order valence-corrected chi connectivity index (χ0v) is 36.3. The predicted molar refractivity (Wildman–Crippen MR) is 235 cm³/mol. The van der Waals surface area contributed by atoms with Crippen LogP contribution in [0.1, 0.15) is 59.5 Å². The van der Waals surface area contributed by atoms with Gasteiger partial charge in [0.05, 0.1) is 34.5 Å². The quantitative estimate of drug-likeness (QED) is 0.118. The lowest BCUT2D eigenvalue weighted by Gasteiger charge is -2.36. The van der Waals surface area contributed by atoms with Crippen LogP contribution in [0, 0.1) is 22.7 Å². The molecule has 3 fully saturated rings. The molecule has 4 aromatic rings. The number of hydrogen-bond donors (Lipinski definition) is 0. The molecule has 2 amide bonds. The normalized spacial score (nSPS) is 17.1. The number of anilines is 2. The average molecular weight is 930 g/mol. The summed E-state index contributed by atoms with van der Waals surface area (Å²) >= 11 is 5.59. The van der Waals surface area contributed by atoms with E-state index >= 15 is 0 Å². The Bertz CT molecular complexity index is 2000. The van der Waals surface area contributed by atoms with Gasteiger partial charge in [-0.15, -0.1) is 0 Å². The minimum Gasteiger partial charge on any atom is -0.399 e. The summed E-state index contributed by atoms with van der Waals surface area (Å²) in [6, 6.07) is 34.3. The first-order chi connectivity index (χ1) is 26.9. The highest BCUT2D eigenvalue weighted by Crippen LogP contribution is 2.36. The predicted octanol–water partition coefficient (Wildman–Crippen LogP) is 7.15. The number of carbonyl (C=O) groups excluding carboxylic acids is 2. The molecule has 0 radical (unpaired) electrons. The van der Waals surface area contributed by atoms with E-state index in [0.717, 1.165) is 41.8 Å². The maximum absolute atomic E-state index is 12.7. The molecule has 7 rings (SSSR count). The highest BCUT2D eigenvalue weighted by Gasteiger charge is 2.51. The molecule has 3 aliphatic heterocycles. The Hall–Kier alpha value is -4.41. The van der Waals surface area contributed by atoms with Crippen LogP contribution in [0.5, 0.6) is 0 Å². The molecule has 10 nitrogen and oxygen atoms in total. The minimum absolute atomic E-state index is 0.0141. The lowest BCUT2D eigenvalue weighted by Crippen LogP contribution is -2.48. The van der Waals surface area contributed by atoms with E-state index in [4.69, 9.17) is 19.8 Å². The van der Waals surface area contributed by atoms with E-state index in [1.54, 1.807) is 48.5 Å². The second-order valence-corrected chi connectivity index (χ2v) is 15.5. The van der Waals surface area contributed by atoms with Crippen molar-refractivity contribution in [2.24, 2.45) is 0 Å². The minimum atomic E-state index is -0.360. The summed E-state index contributed by atoms with van der Waals surface area (Å²) in [5.74, 6) is 0.0465. The van der Waals surface area contributed by atoms with E-state index in [0.29, 0.717) is 48.4 Å². The molecule has 4 aromatic carbocycles. The number of amides is 2. The fourth-order valence-electron chi connectivity index (χ4n) is 6.55. The molecule has 3 aliphatic rings. The monoisotopic (exact) mass is 928 g/mol. The van der Waals surface area contributed by atoms with Gasteiger partial charge < -0.3 is 28.9 Å². The van der Waals surface area contributed by atoms with Crippen LogP contribution in [0.15, 0.2) is 102 Å². The van der Waals surface area contributed by atoms with Gasteiger partial charge in [-0.25, -0.2) is 0 Å². The number of rotatable bonds is 5. The molecule has 3 heterocycles. The summed E-state index contributed by atoms with van der Waals surface area (Å²) in [5.41, 5.74) is 5.01. The number of nitriles is 2. The van der Waals surface area contributed by atoms with Crippen LogP contribution in [-0.4, -0.2) is 97.2 Å². The summed E-state index contributed by atoms with van der Waals surface area (Å²) in [6.45, 7) is 14.2. The topological polar surface area (TPSA) is 113 Å². The summed E-state index contributed by atoms with van der Waals surface area (Å²) in [4.78, 5) is 35.5. The summed E-state index contributed by atoms with van der Waals surface area (Å²) in [7, 11) is -0.360. The van der Waals surface area contributed by atoms with Crippen molar-refractivity contribution in [1.82, 2.24) is 9.80 Å². The van der Waals surface area contributed by atoms with Gasteiger partial charge in [-0.05, 0) is 123 Å².